The van der Waals surface area contributed by atoms with Crippen molar-refractivity contribution in [3.05, 3.63) is 0 Å². The van der Waals surface area contributed by atoms with Crippen molar-refractivity contribution in [2.75, 3.05) is 6.54 Å². The normalized spacial score (nSPS) is 16.0. The molecule has 160 valence electrons. The van der Waals surface area contributed by atoms with Gasteiger partial charge in [-0.2, -0.15) is 0 Å². The first-order valence-corrected chi connectivity index (χ1v) is 8.37. The van der Waals surface area contributed by atoms with Gasteiger partial charge in [0, 0.05) is 6.42 Å². The zero-order valence-electron chi connectivity index (χ0n) is 15.5. The van der Waals surface area contributed by atoms with Crippen molar-refractivity contribution in [3.8, 4) is 0 Å². The average molecular weight is 405 g/mol. The van der Waals surface area contributed by atoms with E-state index in [2.05, 4.69) is 10.6 Å². The molecular formula is C15H27N5O8. The average Bonchev–Trinajstić information content (AvgIpc) is 2.58. The molecule has 28 heavy (non-hydrogen) atoms. The lowest BCUT2D eigenvalue weighted by atomic mass is 10.1. The lowest BCUT2D eigenvalue weighted by Crippen LogP contribution is -2.57. The third-order valence-electron chi connectivity index (χ3n) is 3.59. The number of aliphatic carboxylic acids is 1. The largest absolute Gasteiger partial charge is 0.480 e. The number of rotatable bonds is 12. The first-order chi connectivity index (χ1) is 12.9. The van der Waals surface area contributed by atoms with E-state index in [4.69, 9.17) is 16.6 Å². The van der Waals surface area contributed by atoms with E-state index in [1.165, 1.54) is 6.92 Å². The summed E-state index contributed by atoms with van der Waals surface area (Å²) in [7, 11) is 0. The predicted molar refractivity (Wildman–Crippen MR) is 94.3 cm³/mol. The molecule has 0 aromatic rings. The molecule has 0 aliphatic rings. The molecule has 0 radical (unpaired) electrons. The van der Waals surface area contributed by atoms with E-state index < -0.39 is 66.5 Å². The zero-order valence-corrected chi connectivity index (χ0v) is 15.5. The summed E-state index contributed by atoms with van der Waals surface area (Å²) in [5.74, 6) is -4.77. The van der Waals surface area contributed by atoms with Crippen LogP contribution in [-0.4, -0.2) is 81.8 Å². The van der Waals surface area contributed by atoms with Gasteiger partial charge >= 0.3 is 5.97 Å². The number of carbonyl (C=O) groups is 5. The Labute approximate surface area is 160 Å². The van der Waals surface area contributed by atoms with Crippen LogP contribution in [0.2, 0.25) is 0 Å². The van der Waals surface area contributed by atoms with E-state index in [9.17, 15) is 34.2 Å². The molecule has 0 aromatic heterocycles. The number of nitrogens with one attached hydrogen (secondary N) is 3. The molecule has 0 saturated heterocycles. The van der Waals surface area contributed by atoms with Gasteiger partial charge in [0.15, 0.2) is 6.04 Å². The number of aliphatic hydroxyl groups is 2. The smallest absolute Gasteiger partial charge is 0.328 e. The second-order valence-electron chi connectivity index (χ2n) is 6.18. The fourth-order valence-electron chi connectivity index (χ4n) is 1.98. The van der Waals surface area contributed by atoms with Crippen LogP contribution in [0.25, 0.3) is 0 Å². The van der Waals surface area contributed by atoms with Crippen molar-refractivity contribution >= 4 is 29.6 Å². The van der Waals surface area contributed by atoms with E-state index in [-0.39, 0.29) is 12.8 Å². The number of carboxylic acids is 1. The van der Waals surface area contributed by atoms with Crippen LogP contribution in [-0.2, 0) is 24.0 Å². The van der Waals surface area contributed by atoms with E-state index in [1.54, 1.807) is 0 Å². The number of nitrogens with two attached hydrogens (primary N) is 2. The summed E-state index contributed by atoms with van der Waals surface area (Å²) in [6, 6.07) is -4.17. The zero-order chi connectivity index (χ0) is 22.0. The van der Waals surface area contributed by atoms with E-state index >= 15 is 0 Å². The lowest BCUT2D eigenvalue weighted by Gasteiger charge is -2.23. The van der Waals surface area contributed by atoms with Gasteiger partial charge in [-0.1, -0.05) is 0 Å². The molecule has 13 nitrogen and oxygen atoms in total. The highest BCUT2D eigenvalue weighted by Gasteiger charge is 2.29. The molecule has 0 rings (SSSR count). The Morgan fingerprint density at radius 3 is 1.89 bits per heavy atom. The number of carbonyl (C=O) groups excluding carboxylic acids is 4. The van der Waals surface area contributed by atoms with Crippen LogP contribution in [0.5, 0.6) is 0 Å². The van der Waals surface area contributed by atoms with Crippen molar-refractivity contribution < 1.29 is 39.3 Å². The quantitative estimate of drug-likeness (QED) is 0.156. The summed E-state index contributed by atoms with van der Waals surface area (Å²) in [5, 5.41) is 34.2. The van der Waals surface area contributed by atoms with Crippen LogP contribution in [0.1, 0.15) is 26.7 Å². The van der Waals surface area contributed by atoms with Gasteiger partial charge in [0.2, 0.25) is 23.6 Å². The third kappa shape index (κ3) is 9.25. The van der Waals surface area contributed by atoms with Crippen LogP contribution < -0.4 is 27.4 Å². The number of carboxylic acid groups (broad SMARTS) is 1. The maximum absolute atomic E-state index is 12.1. The summed E-state index contributed by atoms with van der Waals surface area (Å²) in [4.78, 5) is 57.4. The van der Waals surface area contributed by atoms with Crippen LogP contribution in [0, 0.1) is 0 Å². The Balaban J connectivity index is 4.74. The number of hydrogen-bond donors (Lipinski definition) is 8. The summed E-state index contributed by atoms with van der Waals surface area (Å²) in [6.45, 7) is 1.72. The number of hydrogen-bond acceptors (Lipinski definition) is 8. The molecule has 5 atom stereocenters. The predicted octanol–water partition coefficient (Wildman–Crippen LogP) is -4.49. The highest BCUT2D eigenvalue weighted by atomic mass is 16.4. The molecule has 0 aliphatic heterocycles. The molecule has 0 spiro atoms. The molecular weight excluding hydrogens is 378 g/mol. The highest BCUT2D eigenvalue weighted by molar-refractivity contribution is 5.93. The van der Waals surface area contributed by atoms with Crippen molar-refractivity contribution in [2.45, 2.75) is 57.0 Å². The molecule has 0 aliphatic carbocycles. The molecule has 0 saturated carbocycles. The minimum atomic E-state index is -1.57. The van der Waals surface area contributed by atoms with Crippen molar-refractivity contribution in [2.24, 2.45) is 11.5 Å². The second kappa shape index (κ2) is 11.8. The Kier molecular flexibility index (Phi) is 10.7. The minimum Gasteiger partial charge on any atom is -0.480 e. The molecule has 0 fully saturated rings. The maximum Gasteiger partial charge on any atom is 0.328 e. The van der Waals surface area contributed by atoms with E-state index in [0.717, 1.165) is 6.92 Å². The number of primary amides is 1. The standard InChI is InChI=1S/C15H27N5O8/c1-6(21)11(20-13(25)8(16)3-4-9(17)23)14(26)18-5-10(24)19-12(7(2)22)15(27)28/h6-8,11-12,21-22H,3-5,16H2,1-2H3,(H2,17,23)(H,18,26)(H,19,24)(H,20,25)(H,27,28). The summed E-state index contributed by atoms with van der Waals surface area (Å²) in [6.07, 6.45) is -2.93. The summed E-state index contributed by atoms with van der Waals surface area (Å²) < 4.78 is 0. The van der Waals surface area contributed by atoms with E-state index in [1.807, 2.05) is 5.32 Å². The topological polar surface area (TPSA) is 234 Å². The monoisotopic (exact) mass is 405 g/mol. The van der Waals surface area contributed by atoms with Gasteiger partial charge in [-0.3, -0.25) is 19.2 Å². The molecule has 4 amide bonds. The summed E-state index contributed by atoms with van der Waals surface area (Å²) in [5.41, 5.74) is 10.5. The maximum atomic E-state index is 12.1. The Morgan fingerprint density at radius 1 is 0.929 bits per heavy atom. The fourth-order valence-corrected chi connectivity index (χ4v) is 1.98. The van der Waals surface area contributed by atoms with E-state index in [0.29, 0.717) is 0 Å². The third-order valence-corrected chi connectivity index (χ3v) is 3.59. The minimum absolute atomic E-state index is 0.0619. The SMILES string of the molecule is CC(O)C(NC(=O)CNC(=O)C(NC(=O)C(N)CCC(N)=O)C(C)O)C(=O)O. The second-order valence-corrected chi connectivity index (χ2v) is 6.18. The van der Waals surface area contributed by atoms with Crippen molar-refractivity contribution in [3.63, 3.8) is 0 Å². The molecule has 10 N–H and O–H groups in total. The first kappa shape index (κ1) is 25.2. The Morgan fingerprint density at radius 2 is 1.46 bits per heavy atom. The van der Waals surface area contributed by atoms with Crippen molar-refractivity contribution in [1.82, 2.24) is 16.0 Å². The number of aliphatic hydroxyl groups excluding tert-OH is 2. The Hall–Kier alpha value is -2.77. The lowest BCUT2D eigenvalue weighted by molar-refractivity contribution is -0.144. The van der Waals surface area contributed by atoms with Crippen molar-refractivity contribution in [1.29, 1.82) is 0 Å². The molecule has 0 aromatic carbocycles. The fraction of sp³-hybridized carbons (Fsp3) is 0.667. The van der Waals surface area contributed by atoms with Gasteiger partial charge < -0.3 is 42.7 Å². The molecule has 5 unspecified atom stereocenters. The van der Waals surface area contributed by atoms with Crippen LogP contribution in [0.3, 0.4) is 0 Å². The van der Waals surface area contributed by atoms with Crippen LogP contribution >= 0.6 is 0 Å². The van der Waals surface area contributed by atoms with Gasteiger partial charge in [0.05, 0.1) is 24.8 Å². The van der Waals surface area contributed by atoms with Gasteiger partial charge in [-0.05, 0) is 20.3 Å². The number of amides is 4. The molecule has 0 bridgehead atoms. The first-order valence-electron chi connectivity index (χ1n) is 8.37. The molecule has 0 heterocycles. The van der Waals surface area contributed by atoms with Gasteiger partial charge in [-0.15, -0.1) is 0 Å². The van der Waals surface area contributed by atoms with Crippen LogP contribution in [0.15, 0.2) is 0 Å². The molecule has 13 heteroatoms. The van der Waals surface area contributed by atoms with Crippen LogP contribution in [0.4, 0.5) is 0 Å². The van der Waals surface area contributed by atoms with Gasteiger partial charge in [0.1, 0.15) is 6.04 Å². The summed E-state index contributed by atoms with van der Waals surface area (Å²) >= 11 is 0. The highest BCUT2D eigenvalue weighted by Crippen LogP contribution is 1.99. The van der Waals surface area contributed by atoms with Gasteiger partial charge in [0.25, 0.3) is 0 Å². The van der Waals surface area contributed by atoms with Gasteiger partial charge in [-0.25, -0.2) is 4.79 Å². The Bertz CT molecular complexity index is 595.